The second-order valence-corrected chi connectivity index (χ2v) is 6.69. The Hall–Kier alpha value is -1.98. The van der Waals surface area contributed by atoms with Gasteiger partial charge >= 0.3 is 0 Å². The smallest absolute Gasteiger partial charge is 0.0775 e. The molecule has 2 aromatic rings. The average molecular weight is 324 g/mol. The first kappa shape index (κ1) is 15.5. The van der Waals surface area contributed by atoms with Crippen LogP contribution in [0.5, 0.6) is 0 Å². The van der Waals surface area contributed by atoms with Crippen LogP contribution in [0.1, 0.15) is 18.4 Å². The number of pyridine rings is 2. The molecule has 0 spiro atoms. The summed E-state index contributed by atoms with van der Waals surface area (Å²) in [6.07, 6.45) is 10.2. The van der Waals surface area contributed by atoms with E-state index in [1.54, 1.807) is 6.20 Å². The van der Waals surface area contributed by atoms with Crippen LogP contribution in [0.3, 0.4) is 0 Å². The molecule has 1 N–H and O–H groups in total. The first-order valence-corrected chi connectivity index (χ1v) is 8.78. The molecule has 1 aliphatic carbocycles. The molecule has 24 heavy (non-hydrogen) atoms. The van der Waals surface area contributed by atoms with Gasteiger partial charge in [0.1, 0.15) is 0 Å². The van der Waals surface area contributed by atoms with Crippen LogP contribution in [0.25, 0.3) is 0 Å². The Morgan fingerprint density at radius 1 is 1.12 bits per heavy atom. The van der Waals surface area contributed by atoms with Gasteiger partial charge in [0.25, 0.3) is 0 Å². The van der Waals surface area contributed by atoms with E-state index < -0.39 is 0 Å². The number of hydrogen-bond donors (Lipinski definition) is 1. The summed E-state index contributed by atoms with van der Waals surface area (Å²) in [5, 5.41) is 3.51. The van der Waals surface area contributed by atoms with Crippen molar-refractivity contribution < 1.29 is 4.74 Å². The fraction of sp³-hybridized carbons (Fsp3) is 0.474. The van der Waals surface area contributed by atoms with Crippen molar-refractivity contribution in [2.45, 2.75) is 31.5 Å². The maximum absolute atomic E-state index is 6.16. The second-order valence-electron chi connectivity index (χ2n) is 6.69. The van der Waals surface area contributed by atoms with E-state index in [0.717, 1.165) is 31.9 Å². The molecule has 0 aromatic carbocycles. The molecule has 126 valence electrons. The summed E-state index contributed by atoms with van der Waals surface area (Å²) in [4.78, 5) is 10.9. The standard InChI is InChI=1S/C19H24N4O/c1-2-17(13-21-7-1)22-12-16-3-4-18-19(16)24-11-10-23(18)14-15-5-8-20-9-6-15/h1-2,5-9,13,16,18-19,22H,3-4,10-12,14H2/t16?,18-,19-/m0/s1. The Balaban J connectivity index is 1.37. The number of ether oxygens (including phenoxy) is 1. The molecule has 5 nitrogen and oxygen atoms in total. The minimum absolute atomic E-state index is 0.338. The predicted octanol–water partition coefficient (Wildman–Crippen LogP) is 2.57. The van der Waals surface area contributed by atoms with Crippen molar-refractivity contribution >= 4 is 5.69 Å². The fourth-order valence-electron chi connectivity index (χ4n) is 3.99. The summed E-state index contributed by atoms with van der Waals surface area (Å²) in [5.74, 6) is 0.565. The molecule has 1 saturated heterocycles. The Morgan fingerprint density at radius 2 is 2.04 bits per heavy atom. The molecule has 2 aliphatic rings. The first-order chi connectivity index (χ1) is 11.9. The Kier molecular flexibility index (Phi) is 4.71. The average Bonchev–Trinajstić information content (AvgIpc) is 3.06. The van der Waals surface area contributed by atoms with Crippen LogP contribution in [0, 0.1) is 5.92 Å². The Bertz CT molecular complexity index is 636. The van der Waals surface area contributed by atoms with Crippen LogP contribution in [-0.4, -0.2) is 46.7 Å². The van der Waals surface area contributed by atoms with E-state index in [9.17, 15) is 0 Å². The van der Waals surface area contributed by atoms with Gasteiger partial charge in [-0.05, 0) is 42.7 Å². The highest BCUT2D eigenvalue weighted by Crippen LogP contribution is 2.35. The zero-order valence-electron chi connectivity index (χ0n) is 13.8. The van der Waals surface area contributed by atoms with Crippen LogP contribution >= 0.6 is 0 Å². The number of morpholine rings is 1. The van der Waals surface area contributed by atoms with Gasteiger partial charge < -0.3 is 10.1 Å². The lowest BCUT2D eigenvalue weighted by Crippen LogP contribution is -2.50. The van der Waals surface area contributed by atoms with Gasteiger partial charge in [0.15, 0.2) is 0 Å². The molecule has 0 amide bonds. The lowest BCUT2D eigenvalue weighted by atomic mass is 10.0. The Morgan fingerprint density at radius 3 is 2.88 bits per heavy atom. The molecule has 0 radical (unpaired) electrons. The van der Waals surface area contributed by atoms with Crippen molar-refractivity contribution in [2.24, 2.45) is 5.92 Å². The van der Waals surface area contributed by atoms with Crippen molar-refractivity contribution in [2.75, 3.05) is 25.0 Å². The monoisotopic (exact) mass is 324 g/mol. The topological polar surface area (TPSA) is 50.3 Å². The second kappa shape index (κ2) is 7.28. The highest BCUT2D eigenvalue weighted by Gasteiger charge is 2.42. The highest BCUT2D eigenvalue weighted by molar-refractivity contribution is 5.39. The Labute approximate surface area is 143 Å². The van der Waals surface area contributed by atoms with Crippen molar-refractivity contribution in [1.29, 1.82) is 0 Å². The van der Waals surface area contributed by atoms with Gasteiger partial charge in [-0.3, -0.25) is 14.9 Å². The van der Waals surface area contributed by atoms with Crippen LogP contribution in [0.4, 0.5) is 5.69 Å². The van der Waals surface area contributed by atoms with Crippen LogP contribution < -0.4 is 5.32 Å². The van der Waals surface area contributed by atoms with Gasteiger partial charge in [0.2, 0.25) is 0 Å². The molecule has 3 atom stereocenters. The number of fused-ring (bicyclic) bond motifs is 1. The van der Waals surface area contributed by atoms with Crippen molar-refractivity contribution in [3.63, 3.8) is 0 Å². The van der Waals surface area contributed by atoms with Gasteiger partial charge in [-0.2, -0.15) is 0 Å². The highest BCUT2D eigenvalue weighted by atomic mass is 16.5. The van der Waals surface area contributed by atoms with Crippen LogP contribution in [0.15, 0.2) is 49.1 Å². The van der Waals surface area contributed by atoms with E-state index in [1.807, 2.05) is 24.7 Å². The minimum atomic E-state index is 0.338. The van der Waals surface area contributed by atoms with Gasteiger partial charge in [0, 0.05) is 56.4 Å². The van der Waals surface area contributed by atoms with Crippen molar-refractivity contribution in [1.82, 2.24) is 14.9 Å². The molecular weight excluding hydrogens is 300 g/mol. The summed E-state index contributed by atoms with van der Waals surface area (Å²) in [6, 6.07) is 8.79. The predicted molar refractivity (Wildman–Crippen MR) is 93.6 cm³/mol. The minimum Gasteiger partial charge on any atom is -0.383 e. The van der Waals surface area contributed by atoms with Gasteiger partial charge in [-0.15, -0.1) is 0 Å². The first-order valence-electron chi connectivity index (χ1n) is 8.78. The summed E-state index contributed by atoms with van der Waals surface area (Å²) in [6.45, 7) is 3.80. The van der Waals surface area contributed by atoms with Crippen LogP contribution in [-0.2, 0) is 11.3 Å². The van der Waals surface area contributed by atoms with Crippen LogP contribution in [0.2, 0.25) is 0 Å². The summed E-state index contributed by atoms with van der Waals surface area (Å²) in [5.41, 5.74) is 2.42. The molecule has 2 fully saturated rings. The third-order valence-corrected chi connectivity index (χ3v) is 5.20. The molecule has 1 unspecified atom stereocenters. The normalized spacial score (nSPS) is 26.9. The molecule has 2 aromatic heterocycles. The lowest BCUT2D eigenvalue weighted by Gasteiger charge is -2.39. The SMILES string of the molecule is c1cncc(NCC2CC[C@H]3[C@H]2OCCN3Cc2ccncc2)c1. The zero-order valence-corrected chi connectivity index (χ0v) is 13.8. The molecule has 0 bridgehead atoms. The van der Waals surface area contributed by atoms with Gasteiger partial charge in [-0.1, -0.05) is 0 Å². The third kappa shape index (κ3) is 3.42. The summed E-state index contributed by atoms with van der Waals surface area (Å²) < 4.78 is 6.16. The summed E-state index contributed by atoms with van der Waals surface area (Å²) >= 11 is 0. The number of hydrogen-bond acceptors (Lipinski definition) is 5. The summed E-state index contributed by atoms with van der Waals surface area (Å²) in [7, 11) is 0. The number of anilines is 1. The number of nitrogens with zero attached hydrogens (tertiary/aromatic N) is 3. The zero-order chi connectivity index (χ0) is 16.2. The molecule has 4 rings (SSSR count). The van der Waals surface area contributed by atoms with E-state index in [2.05, 4.69) is 38.4 Å². The quantitative estimate of drug-likeness (QED) is 0.916. The molecule has 3 heterocycles. The van der Waals surface area contributed by atoms with Gasteiger partial charge in [-0.25, -0.2) is 0 Å². The fourth-order valence-corrected chi connectivity index (χ4v) is 3.99. The van der Waals surface area contributed by atoms with Gasteiger partial charge in [0.05, 0.1) is 18.4 Å². The number of rotatable bonds is 5. The number of nitrogens with one attached hydrogen (secondary N) is 1. The molecule has 1 aliphatic heterocycles. The maximum atomic E-state index is 6.16. The number of aromatic nitrogens is 2. The van der Waals surface area contributed by atoms with Crippen molar-refractivity contribution in [3.05, 3.63) is 54.6 Å². The third-order valence-electron chi connectivity index (χ3n) is 5.20. The van der Waals surface area contributed by atoms with Crippen molar-refractivity contribution in [3.8, 4) is 0 Å². The van der Waals surface area contributed by atoms with E-state index in [1.165, 1.54) is 18.4 Å². The van der Waals surface area contributed by atoms with E-state index >= 15 is 0 Å². The molecule has 1 saturated carbocycles. The van der Waals surface area contributed by atoms with E-state index in [0.29, 0.717) is 18.1 Å². The molecule has 5 heteroatoms. The maximum Gasteiger partial charge on any atom is 0.0775 e. The van der Waals surface area contributed by atoms with E-state index in [-0.39, 0.29) is 0 Å². The largest absolute Gasteiger partial charge is 0.383 e. The van der Waals surface area contributed by atoms with E-state index in [4.69, 9.17) is 4.74 Å². The molecular formula is C19H24N4O. The lowest BCUT2D eigenvalue weighted by molar-refractivity contribution is -0.0745.